The number of amides is 1. The van der Waals surface area contributed by atoms with Gasteiger partial charge in [-0.1, -0.05) is 6.07 Å². The van der Waals surface area contributed by atoms with E-state index in [0.29, 0.717) is 11.3 Å². The molecule has 144 valence electrons. The minimum Gasteiger partial charge on any atom is -0.497 e. The Kier molecular flexibility index (Phi) is 5.10. The van der Waals surface area contributed by atoms with Crippen LogP contribution in [0.25, 0.3) is 11.1 Å². The summed E-state index contributed by atoms with van der Waals surface area (Å²) in [5.41, 5.74) is 3.72. The van der Waals surface area contributed by atoms with Crippen LogP contribution in [-0.2, 0) is 7.05 Å². The summed E-state index contributed by atoms with van der Waals surface area (Å²) < 4.78 is 7.12. The number of likely N-dealkylation sites (tertiary alicyclic amines) is 1. The topological polar surface area (TPSA) is 60.2 Å². The minimum absolute atomic E-state index is 0.0231. The zero-order valence-corrected chi connectivity index (χ0v) is 16.2. The van der Waals surface area contributed by atoms with Crippen molar-refractivity contribution in [3.8, 4) is 16.9 Å². The number of methoxy groups -OCH3 is 1. The van der Waals surface area contributed by atoms with Crippen molar-refractivity contribution < 1.29 is 9.53 Å². The molecule has 0 aliphatic carbocycles. The highest BCUT2D eigenvalue weighted by Gasteiger charge is 2.32. The fourth-order valence-corrected chi connectivity index (χ4v) is 3.89. The van der Waals surface area contributed by atoms with Crippen molar-refractivity contribution in [3.63, 3.8) is 0 Å². The molecule has 2 aromatic heterocycles. The SMILES string of the molecule is COc1cccc(C(=O)N2CCCC[C@H]2c2nn(C)cc2-c2ccncc2)c1. The average Bonchev–Trinajstić information content (AvgIpc) is 3.15. The molecule has 3 aromatic rings. The molecule has 1 atom stereocenters. The molecule has 1 saturated heterocycles. The summed E-state index contributed by atoms with van der Waals surface area (Å²) in [4.78, 5) is 19.4. The molecular formula is C22H24N4O2. The first-order valence-corrected chi connectivity index (χ1v) is 9.56. The molecule has 6 heteroatoms. The lowest BCUT2D eigenvalue weighted by Crippen LogP contribution is -2.39. The van der Waals surface area contributed by atoms with Crippen molar-refractivity contribution in [2.75, 3.05) is 13.7 Å². The molecular weight excluding hydrogens is 352 g/mol. The minimum atomic E-state index is -0.0446. The second kappa shape index (κ2) is 7.84. The monoisotopic (exact) mass is 376 g/mol. The summed E-state index contributed by atoms with van der Waals surface area (Å²) >= 11 is 0. The van der Waals surface area contributed by atoms with Gasteiger partial charge in [-0.2, -0.15) is 5.10 Å². The Labute approximate surface area is 164 Å². The van der Waals surface area contributed by atoms with E-state index < -0.39 is 0 Å². The van der Waals surface area contributed by atoms with Gasteiger partial charge in [0.15, 0.2) is 0 Å². The van der Waals surface area contributed by atoms with Gasteiger partial charge in [0.25, 0.3) is 5.91 Å². The summed E-state index contributed by atoms with van der Waals surface area (Å²) in [6.07, 6.45) is 8.58. The predicted molar refractivity (Wildman–Crippen MR) is 107 cm³/mol. The normalized spacial score (nSPS) is 16.8. The van der Waals surface area contributed by atoms with Crippen molar-refractivity contribution in [1.82, 2.24) is 19.7 Å². The third-order valence-corrected chi connectivity index (χ3v) is 5.24. The highest BCUT2D eigenvalue weighted by molar-refractivity contribution is 5.95. The predicted octanol–water partition coefficient (Wildman–Crippen LogP) is 3.86. The Hall–Kier alpha value is -3.15. The third-order valence-electron chi connectivity index (χ3n) is 5.24. The largest absolute Gasteiger partial charge is 0.497 e. The number of carbonyl (C=O) groups excluding carboxylic acids is 1. The standard InChI is InChI=1S/C22H24N4O2/c1-25-15-19(16-9-11-23-12-10-16)21(24-25)20-8-3-4-13-26(20)22(27)17-6-5-7-18(14-17)28-2/h5-7,9-12,14-15,20H,3-4,8,13H2,1-2H3/t20-/m0/s1. The molecule has 0 unspecified atom stereocenters. The lowest BCUT2D eigenvalue weighted by atomic mass is 9.94. The van der Waals surface area contributed by atoms with Gasteiger partial charge < -0.3 is 9.64 Å². The molecule has 0 radical (unpaired) electrons. The molecule has 0 bridgehead atoms. The molecule has 1 amide bonds. The summed E-state index contributed by atoms with van der Waals surface area (Å²) in [5, 5.41) is 4.75. The Morgan fingerprint density at radius 1 is 1.18 bits per heavy atom. The molecule has 0 N–H and O–H groups in total. The van der Waals surface area contributed by atoms with E-state index in [1.54, 1.807) is 25.6 Å². The summed E-state index contributed by atoms with van der Waals surface area (Å²) in [6.45, 7) is 0.729. The number of ether oxygens (including phenoxy) is 1. The summed E-state index contributed by atoms with van der Waals surface area (Å²) in [7, 11) is 3.54. The van der Waals surface area contributed by atoms with Gasteiger partial charge in [-0.15, -0.1) is 0 Å². The average molecular weight is 376 g/mol. The molecule has 6 nitrogen and oxygen atoms in total. The highest BCUT2D eigenvalue weighted by atomic mass is 16.5. The zero-order chi connectivity index (χ0) is 19.5. The maximum absolute atomic E-state index is 13.3. The van der Waals surface area contributed by atoms with E-state index in [1.807, 2.05) is 53.2 Å². The molecule has 4 rings (SSSR count). The van der Waals surface area contributed by atoms with Crippen LogP contribution >= 0.6 is 0 Å². The Morgan fingerprint density at radius 3 is 2.79 bits per heavy atom. The van der Waals surface area contributed by atoms with Crippen LogP contribution in [0.1, 0.15) is 41.4 Å². The van der Waals surface area contributed by atoms with Gasteiger partial charge in [0.1, 0.15) is 5.75 Å². The van der Waals surface area contributed by atoms with Gasteiger partial charge in [0.05, 0.1) is 18.8 Å². The zero-order valence-electron chi connectivity index (χ0n) is 16.2. The lowest BCUT2D eigenvalue weighted by molar-refractivity contribution is 0.0605. The van der Waals surface area contributed by atoms with E-state index in [4.69, 9.17) is 9.84 Å². The van der Waals surface area contributed by atoms with Gasteiger partial charge in [0.2, 0.25) is 0 Å². The number of benzene rings is 1. The van der Waals surface area contributed by atoms with Gasteiger partial charge in [-0.3, -0.25) is 14.5 Å². The van der Waals surface area contributed by atoms with Crippen LogP contribution in [0.15, 0.2) is 55.0 Å². The van der Waals surface area contributed by atoms with Crippen molar-refractivity contribution in [3.05, 3.63) is 66.2 Å². The van der Waals surface area contributed by atoms with Crippen molar-refractivity contribution in [2.24, 2.45) is 7.05 Å². The number of pyridine rings is 1. The van der Waals surface area contributed by atoms with Crippen LogP contribution in [0.2, 0.25) is 0 Å². The molecule has 3 heterocycles. The molecule has 1 aromatic carbocycles. The third kappa shape index (κ3) is 3.50. The van der Waals surface area contributed by atoms with Crippen LogP contribution in [0, 0.1) is 0 Å². The molecule has 0 saturated carbocycles. The Balaban J connectivity index is 1.71. The first-order valence-electron chi connectivity index (χ1n) is 9.56. The Morgan fingerprint density at radius 2 is 2.00 bits per heavy atom. The van der Waals surface area contributed by atoms with Crippen molar-refractivity contribution in [2.45, 2.75) is 25.3 Å². The lowest BCUT2D eigenvalue weighted by Gasteiger charge is -2.35. The number of aromatic nitrogens is 3. The number of rotatable bonds is 4. The Bertz CT molecular complexity index is 968. The van der Waals surface area contributed by atoms with E-state index >= 15 is 0 Å². The van der Waals surface area contributed by atoms with Crippen molar-refractivity contribution >= 4 is 5.91 Å². The maximum atomic E-state index is 13.3. The number of piperidine rings is 1. The second-order valence-corrected chi connectivity index (χ2v) is 7.08. The summed E-state index contributed by atoms with van der Waals surface area (Å²) in [5.74, 6) is 0.713. The number of hydrogen-bond acceptors (Lipinski definition) is 4. The van der Waals surface area contributed by atoms with E-state index in [2.05, 4.69) is 4.98 Å². The van der Waals surface area contributed by atoms with Crippen LogP contribution < -0.4 is 4.74 Å². The van der Waals surface area contributed by atoms with Crippen LogP contribution in [-0.4, -0.2) is 39.2 Å². The van der Waals surface area contributed by atoms with Gasteiger partial charge in [-0.05, 0) is 55.2 Å². The second-order valence-electron chi connectivity index (χ2n) is 7.08. The summed E-state index contributed by atoms with van der Waals surface area (Å²) in [6, 6.07) is 11.3. The van der Waals surface area contributed by atoms with Crippen molar-refractivity contribution in [1.29, 1.82) is 0 Å². The molecule has 1 aliphatic heterocycles. The van der Waals surface area contributed by atoms with Gasteiger partial charge in [0, 0.05) is 43.3 Å². The number of aryl methyl sites for hydroxylation is 1. The molecule has 0 spiro atoms. The van der Waals surface area contributed by atoms with Crippen LogP contribution in [0.5, 0.6) is 5.75 Å². The number of carbonyl (C=O) groups is 1. The van der Waals surface area contributed by atoms with E-state index in [9.17, 15) is 4.79 Å². The maximum Gasteiger partial charge on any atom is 0.254 e. The fourth-order valence-electron chi connectivity index (χ4n) is 3.89. The van der Waals surface area contributed by atoms with Crippen LogP contribution in [0.4, 0.5) is 0 Å². The first kappa shape index (κ1) is 18.2. The number of nitrogens with zero attached hydrogens (tertiary/aromatic N) is 4. The molecule has 28 heavy (non-hydrogen) atoms. The van der Waals surface area contributed by atoms with E-state index in [-0.39, 0.29) is 11.9 Å². The smallest absolute Gasteiger partial charge is 0.254 e. The molecule has 1 aliphatic rings. The van der Waals surface area contributed by atoms with Gasteiger partial charge in [-0.25, -0.2) is 0 Å². The van der Waals surface area contributed by atoms with E-state index in [1.165, 1.54) is 0 Å². The first-order chi connectivity index (χ1) is 13.7. The highest BCUT2D eigenvalue weighted by Crippen LogP contribution is 2.36. The molecule has 1 fully saturated rings. The fraction of sp³-hybridized carbons (Fsp3) is 0.318. The number of hydrogen-bond donors (Lipinski definition) is 0. The quantitative estimate of drug-likeness (QED) is 0.694. The van der Waals surface area contributed by atoms with E-state index in [0.717, 1.165) is 42.6 Å². The van der Waals surface area contributed by atoms with Gasteiger partial charge >= 0.3 is 0 Å². The van der Waals surface area contributed by atoms with Crippen LogP contribution in [0.3, 0.4) is 0 Å².